The number of benzene rings is 6. The van der Waals surface area contributed by atoms with E-state index >= 15 is 0 Å². The average Bonchev–Trinajstić information content (AvgIpc) is 3.42. The van der Waals surface area contributed by atoms with Crippen molar-refractivity contribution in [3.8, 4) is 39.8 Å². The van der Waals surface area contributed by atoms with Crippen molar-refractivity contribution in [2.45, 2.75) is 53.4 Å². The molecule has 0 saturated carbocycles. The molecule has 372 valence electrons. The molecular formula is C58H52F2N10O4. The third-order valence-corrected chi connectivity index (χ3v) is 12.0. The van der Waals surface area contributed by atoms with Gasteiger partial charge in [-0.15, -0.1) is 0 Å². The number of aryl methyl sites for hydroxylation is 2. The summed E-state index contributed by atoms with van der Waals surface area (Å²) in [6.45, 7) is 11.1. The highest BCUT2D eigenvalue weighted by Crippen LogP contribution is 2.31. The minimum Gasteiger partial charge on any atom is -0.487 e. The van der Waals surface area contributed by atoms with Crippen molar-refractivity contribution in [3.63, 3.8) is 0 Å². The van der Waals surface area contributed by atoms with Gasteiger partial charge < -0.3 is 41.8 Å². The van der Waals surface area contributed by atoms with E-state index in [4.69, 9.17) is 43.6 Å². The number of nitrogens with two attached hydrogens (primary N) is 2. The maximum absolute atomic E-state index is 14.9. The van der Waals surface area contributed by atoms with Gasteiger partial charge in [0.1, 0.15) is 48.0 Å². The zero-order chi connectivity index (χ0) is 52.7. The van der Waals surface area contributed by atoms with Gasteiger partial charge in [-0.1, -0.05) is 97.1 Å². The van der Waals surface area contributed by atoms with Gasteiger partial charge in [0.25, 0.3) is 0 Å². The number of aliphatic hydroxyl groups excluding tert-OH is 2. The summed E-state index contributed by atoms with van der Waals surface area (Å²) in [4.78, 5) is 12.2. The second kappa shape index (κ2) is 24.6. The van der Waals surface area contributed by atoms with E-state index in [9.17, 15) is 19.0 Å². The Kier molecular flexibility index (Phi) is 17.4. The van der Waals surface area contributed by atoms with Gasteiger partial charge in [-0.3, -0.25) is 20.8 Å². The normalized spacial score (nSPS) is 10.5. The Hall–Kier alpha value is -9.48. The average molecular weight is 991 g/mol. The first-order valence-electron chi connectivity index (χ1n) is 23.1. The van der Waals surface area contributed by atoms with Gasteiger partial charge in [-0.25, -0.2) is 13.6 Å². The summed E-state index contributed by atoms with van der Waals surface area (Å²) < 4.78 is 41.8. The highest BCUT2D eigenvalue weighted by atomic mass is 19.1. The molecule has 0 atom stereocenters. The zero-order valence-corrected chi connectivity index (χ0v) is 40.5. The topological polar surface area (TPSA) is 237 Å². The van der Waals surface area contributed by atoms with E-state index < -0.39 is 11.6 Å². The molecule has 14 nitrogen and oxygen atoms in total. The molecule has 10 N–H and O–H groups in total. The van der Waals surface area contributed by atoms with Crippen LogP contribution in [0.2, 0.25) is 0 Å². The molecule has 0 aliphatic heterocycles. The molecule has 0 amide bonds. The summed E-state index contributed by atoms with van der Waals surface area (Å²) >= 11 is 0. The molecule has 8 aromatic rings. The zero-order valence-electron chi connectivity index (χ0n) is 40.5. The predicted molar refractivity (Wildman–Crippen MR) is 283 cm³/mol. The SMILES string of the molecule is Cc1ncc(CNc2ccc(-c3ccc(C(=N)N)cc3)cc2F)c(CO)c1OCc1ccc(C(=N)N)cc1.[C-]#[N+]c1ccc(COc2c(C)ncc(CNc3ccc(-c4ccc(C#N)cc4)cc3F)c2CO)cc1. The van der Waals surface area contributed by atoms with Crippen LogP contribution in [0.15, 0.2) is 146 Å². The monoisotopic (exact) mass is 990 g/mol. The Morgan fingerprint density at radius 2 is 1.01 bits per heavy atom. The van der Waals surface area contributed by atoms with Crippen molar-refractivity contribution in [1.29, 1.82) is 16.1 Å². The van der Waals surface area contributed by atoms with Gasteiger partial charge in [0.05, 0.1) is 54.2 Å². The lowest BCUT2D eigenvalue weighted by molar-refractivity contribution is 0.255. The van der Waals surface area contributed by atoms with Gasteiger partial charge >= 0.3 is 0 Å². The van der Waals surface area contributed by atoms with Crippen LogP contribution in [0.4, 0.5) is 25.8 Å². The van der Waals surface area contributed by atoms with Crippen LogP contribution in [0.25, 0.3) is 27.1 Å². The minimum atomic E-state index is -0.422. The van der Waals surface area contributed by atoms with E-state index in [0.29, 0.717) is 90.0 Å². The van der Waals surface area contributed by atoms with Crippen LogP contribution in [0.5, 0.6) is 11.5 Å². The highest BCUT2D eigenvalue weighted by molar-refractivity contribution is 5.95. The van der Waals surface area contributed by atoms with E-state index in [2.05, 4.69) is 31.5 Å². The second-order valence-corrected chi connectivity index (χ2v) is 16.9. The maximum atomic E-state index is 14.9. The summed E-state index contributed by atoms with van der Waals surface area (Å²) in [5, 5.41) is 50.3. The van der Waals surface area contributed by atoms with Crippen molar-refractivity contribution in [2.75, 3.05) is 10.6 Å². The standard InChI is InChI=1S/C29H29FN6O2.C29H23FN4O2/c1-17-27(38-16-18-2-4-20(5-3-18)28(31)32)24(15-37)23(13-35-17)14-36-26-11-10-22(12-25(26)30)19-6-8-21(9-7-19)29(33)34;1-19-29(36-18-21-5-10-25(32-2)11-6-21)26(17-35)24(15-33-19)16-34-28-12-9-23(13-27(28)30)22-7-3-20(14-31)4-8-22/h2-13,36-37H,14-16H2,1H3,(H3,31,32)(H3,33,34);3-13,15,34-35H,16-18H2,1H3. The number of hydrogen-bond acceptors (Lipinski definition) is 11. The van der Waals surface area contributed by atoms with E-state index in [1.165, 1.54) is 12.1 Å². The number of amidine groups is 2. The molecule has 0 unspecified atom stereocenters. The number of aliphatic hydroxyl groups is 2. The van der Waals surface area contributed by atoms with Crippen LogP contribution in [-0.2, 0) is 39.5 Å². The smallest absolute Gasteiger partial charge is 0.187 e. The Labute approximate surface area is 427 Å². The fraction of sp³-hybridized carbons (Fsp3) is 0.138. The molecular weight excluding hydrogens is 939 g/mol. The highest BCUT2D eigenvalue weighted by Gasteiger charge is 2.17. The fourth-order valence-electron chi connectivity index (χ4n) is 7.78. The number of hydrogen-bond donors (Lipinski definition) is 8. The molecule has 0 fully saturated rings. The van der Waals surface area contributed by atoms with Crippen molar-refractivity contribution < 1.29 is 28.5 Å². The quantitative estimate of drug-likeness (QED) is 0.0229. The third-order valence-electron chi connectivity index (χ3n) is 12.0. The Balaban J connectivity index is 0.000000217. The molecule has 0 bridgehead atoms. The first-order chi connectivity index (χ1) is 35.8. The molecule has 0 radical (unpaired) electrons. The molecule has 6 aromatic carbocycles. The number of nitrogens with zero attached hydrogens (tertiary/aromatic N) is 4. The third kappa shape index (κ3) is 13.1. The molecule has 2 aromatic heterocycles. The first-order valence-corrected chi connectivity index (χ1v) is 23.1. The van der Waals surface area contributed by atoms with E-state index in [0.717, 1.165) is 22.3 Å². The maximum Gasteiger partial charge on any atom is 0.187 e. The van der Waals surface area contributed by atoms with Gasteiger partial charge in [-0.05, 0) is 94.8 Å². The van der Waals surface area contributed by atoms with E-state index in [-0.39, 0.29) is 51.2 Å². The first kappa shape index (κ1) is 52.3. The fourth-order valence-corrected chi connectivity index (χ4v) is 7.78. The van der Waals surface area contributed by atoms with E-state index in [1.54, 1.807) is 123 Å². The molecule has 2 heterocycles. The predicted octanol–water partition coefficient (Wildman–Crippen LogP) is 10.7. The van der Waals surface area contributed by atoms with Crippen LogP contribution < -0.4 is 31.6 Å². The second-order valence-electron chi connectivity index (χ2n) is 16.9. The number of nitrogens with one attached hydrogen (secondary N) is 4. The lowest BCUT2D eigenvalue weighted by atomic mass is 10.0. The van der Waals surface area contributed by atoms with Crippen LogP contribution in [-0.4, -0.2) is 31.9 Å². The van der Waals surface area contributed by atoms with Gasteiger partial charge in [0, 0.05) is 47.7 Å². The van der Waals surface area contributed by atoms with E-state index in [1.807, 2.05) is 24.3 Å². The summed E-state index contributed by atoms with van der Waals surface area (Å²) in [6.07, 6.45) is 3.29. The lowest BCUT2D eigenvalue weighted by Gasteiger charge is -2.17. The number of aromatic nitrogens is 2. The van der Waals surface area contributed by atoms with Gasteiger partial charge in [0.2, 0.25) is 0 Å². The number of halogens is 2. The molecule has 0 aliphatic carbocycles. The van der Waals surface area contributed by atoms with Crippen LogP contribution in [0, 0.1) is 54.2 Å². The number of ether oxygens (including phenoxy) is 2. The van der Waals surface area contributed by atoms with Gasteiger partial charge in [-0.2, -0.15) is 5.26 Å². The van der Waals surface area contributed by atoms with Crippen molar-refractivity contribution in [3.05, 3.63) is 230 Å². The Morgan fingerprint density at radius 3 is 1.39 bits per heavy atom. The summed E-state index contributed by atoms with van der Waals surface area (Å²) in [6, 6.07) is 40.1. The van der Waals surface area contributed by atoms with Crippen molar-refractivity contribution >= 4 is 28.7 Å². The molecule has 0 saturated heterocycles. The molecule has 0 aliphatic rings. The molecule has 8 rings (SSSR count). The van der Waals surface area contributed by atoms with Crippen LogP contribution >= 0.6 is 0 Å². The van der Waals surface area contributed by atoms with Gasteiger partial charge in [0.15, 0.2) is 5.69 Å². The van der Waals surface area contributed by atoms with Crippen LogP contribution in [0.3, 0.4) is 0 Å². The Bertz CT molecular complexity index is 3380. The number of nitrogen functional groups attached to an aromatic ring is 2. The molecule has 16 heteroatoms. The molecule has 0 spiro atoms. The van der Waals surface area contributed by atoms with Crippen molar-refractivity contribution in [2.24, 2.45) is 11.5 Å². The summed E-state index contributed by atoms with van der Waals surface area (Å²) in [7, 11) is 0. The van der Waals surface area contributed by atoms with Crippen molar-refractivity contribution in [1.82, 2.24) is 9.97 Å². The molecule has 74 heavy (non-hydrogen) atoms. The summed E-state index contributed by atoms with van der Waals surface area (Å²) in [5.41, 5.74) is 22.6. The number of pyridine rings is 2. The van der Waals surface area contributed by atoms with Crippen LogP contribution in [0.1, 0.15) is 61.5 Å². The summed E-state index contributed by atoms with van der Waals surface area (Å²) in [5.74, 6) is 0.104. The number of rotatable bonds is 18. The minimum absolute atomic E-state index is 0.00493. The largest absolute Gasteiger partial charge is 0.487 e. The number of anilines is 2. The number of nitriles is 1. The lowest BCUT2D eigenvalue weighted by Crippen LogP contribution is -2.11. The Morgan fingerprint density at radius 1 is 0.622 bits per heavy atom.